The molecule has 2 saturated heterocycles. The SMILES string of the molecule is C=CCON=C(C(=O)NC1C(=O)N2CC(COC(C)=O)(C(=O)[O-])CS[C@H]12)c1nsc(N)n1.[Na+]. The number of carboxylic acids is 1. The van der Waals surface area contributed by atoms with Crippen LogP contribution in [0.3, 0.4) is 0 Å². The van der Waals surface area contributed by atoms with Gasteiger partial charge in [0.15, 0.2) is 5.13 Å². The van der Waals surface area contributed by atoms with Gasteiger partial charge in [-0.1, -0.05) is 17.8 Å². The number of aromatic nitrogens is 2. The number of nitrogens with zero attached hydrogens (tertiary/aromatic N) is 4. The van der Waals surface area contributed by atoms with Gasteiger partial charge in [0.2, 0.25) is 17.4 Å². The van der Waals surface area contributed by atoms with Crippen molar-refractivity contribution in [1.29, 1.82) is 0 Å². The summed E-state index contributed by atoms with van der Waals surface area (Å²) in [6, 6.07) is -0.929. The Hall–Kier alpha value is -2.20. The molecule has 0 bridgehead atoms. The molecule has 0 aliphatic carbocycles. The van der Waals surface area contributed by atoms with E-state index in [4.69, 9.17) is 15.3 Å². The average Bonchev–Trinajstić information content (AvgIpc) is 3.18. The van der Waals surface area contributed by atoms with Crippen molar-refractivity contribution in [1.82, 2.24) is 19.6 Å². The zero-order chi connectivity index (χ0) is 23.5. The summed E-state index contributed by atoms with van der Waals surface area (Å²) >= 11 is 1.99. The standard InChI is InChI=1S/C17H20N6O7S2.Na/c1-3-4-30-21-9(11-20-16(18)32-22-11)12(25)19-10-13(26)23-5-17(15(27)28,6-29-8(2)24)7-31-14(10)23;/h3,10,14H,1,4-7H2,2H3,(H,19,25)(H,27,28)(H2,18,20,22);/q;+1/p-1/t10?,14-,17?;/m1./s1. The molecule has 0 spiro atoms. The van der Waals surface area contributed by atoms with E-state index in [0.717, 1.165) is 30.2 Å². The quantitative estimate of drug-likeness (QED) is 0.0619. The number of anilines is 1. The first-order chi connectivity index (χ1) is 15.2. The monoisotopic (exact) mass is 506 g/mol. The number of ether oxygens (including phenoxy) is 1. The molecule has 172 valence electrons. The van der Waals surface area contributed by atoms with Crippen LogP contribution in [0.4, 0.5) is 5.13 Å². The molecule has 0 aromatic carbocycles. The molecular formula is C17H19N6NaO7S2. The number of nitrogen functional groups attached to an aromatic ring is 1. The Morgan fingerprint density at radius 3 is 2.79 bits per heavy atom. The molecule has 2 amide bonds. The Bertz CT molecular complexity index is 989. The van der Waals surface area contributed by atoms with Gasteiger partial charge in [-0.05, 0) is 0 Å². The van der Waals surface area contributed by atoms with Gasteiger partial charge in [-0.2, -0.15) is 9.36 Å². The number of thioether (sulfide) groups is 1. The van der Waals surface area contributed by atoms with Crippen LogP contribution in [-0.2, 0) is 28.8 Å². The summed E-state index contributed by atoms with van der Waals surface area (Å²) in [7, 11) is 0. The molecule has 33 heavy (non-hydrogen) atoms. The van der Waals surface area contributed by atoms with E-state index < -0.39 is 47.2 Å². The van der Waals surface area contributed by atoms with Crippen molar-refractivity contribution in [2.24, 2.45) is 10.6 Å². The first-order valence-electron chi connectivity index (χ1n) is 9.16. The Morgan fingerprint density at radius 1 is 1.48 bits per heavy atom. The smallest absolute Gasteiger partial charge is 0.549 e. The van der Waals surface area contributed by atoms with E-state index in [1.165, 1.54) is 11.0 Å². The predicted molar refractivity (Wildman–Crippen MR) is 111 cm³/mol. The van der Waals surface area contributed by atoms with Crippen molar-refractivity contribution in [3.8, 4) is 0 Å². The van der Waals surface area contributed by atoms with Gasteiger partial charge in [0.25, 0.3) is 5.91 Å². The van der Waals surface area contributed by atoms with Crippen molar-refractivity contribution < 1.29 is 63.4 Å². The first-order valence-corrected chi connectivity index (χ1v) is 11.0. The minimum Gasteiger partial charge on any atom is -0.549 e. The van der Waals surface area contributed by atoms with Gasteiger partial charge in [0, 0.05) is 30.8 Å². The third kappa shape index (κ3) is 5.84. The van der Waals surface area contributed by atoms with Crippen LogP contribution in [0.2, 0.25) is 0 Å². The average molecular weight is 506 g/mol. The van der Waals surface area contributed by atoms with Crippen LogP contribution in [0.15, 0.2) is 17.8 Å². The summed E-state index contributed by atoms with van der Waals surface area (Å²) in [5, 5.41) is 17.6. The molecule has 13 nitrogen and oxygen atoms in total. The molecule has 2 unspecified atom stereocenters. The van der Waals surface area contributed by atoms with Crippen molar-refractivity contribution in [3.63, 3.8) is 0 Å². The molecule has 0 radical (unpaired) electrons. The van der Waals surface area contributed by atoms with Crippen LogP contribution in [0.5, 0.6) is 0 Å². The van der Waals surface area contributed by atoms with E-state index in [0.29, 0.717) is 0 Å². The van der Waals surface area contributed by atoms with Gasteiger partial charge in [0.1, 0.15) is 24.6 Å². The Kier molecular flexibility index (Phi) is 9.25. The fraction of sp³-hybridized carbons (Fsp3) is 0.471. The summed E-state index contributed by atoms with van der Waals surface area (Å²) in [6.07, 6.45) is 1.42. The number of nitrogens with two attached hydrogens (primary N) is 1. The van der Waals surface area contributed by atoms with Crippen LogP contribution in [0.25, 0.3) is 0 Å². The van der Waals surface area contributed by atoms with Gasteiger partial charge in [-0.3, -0.25) is 14.4 Å². The van der Waals surface area contributed by atoms with Crippen molar-refractivity contribution in [2.45, 2.75) is 18.3 Å². The second-order valence-electron chi connectivity index (χ2n) is 6.95. The third-order valence-electron chi connectivity index (χ3n) is 4.63. The maximum atomic E-state index is 12.8. The number of hydrogen-bond donors (Lipinski definition) is 2. The number of hydrogen-bond acceptors (Lipinski definition) is 13. The molecule has 2 fully saturated rings. The zero-order valence-electron chi connectivity index (χ0n) is 17.8. The second-order valence-corrected chi connectivity index (χ2v) is 8.84. The van der Waals surface area contributed by atoms with Gasteiger partial charge in [0.05, 0.1) is 11.4 Å². The van der Waals surface area contributed by atoms with Gasteiger partial charge in [-0.15, -0.1) is 11.8 Å². The molecule has 3 heterocycles. The molecule has 3 rings (SSSR count). The molecule has 2 aliphatic rings. The molecule has 1 aromatic heterocycles. The van der Waals surface area contributed by atoms with Gasteiger partial charge < -0.3 is 35.4 Å². The van der Waals surface area contributed by atoms with Crippen molar-refractivity contribution >= 4 is 57.9 Å². The molecule has 3 atom stereocenters. The van der Waals surface area contributed by atoms with Crippen LogP contribution < -0.4 is 45.7 Å². The number of nitrogens with one attached hydrogen (secondary N) is 1. The maximum Gasteiger partial charge on any atom is 1.00 e. The van der Waals surface area contributed by atoms with Gasteiger partial charge in [-0.25, -0.2) is 0 Å². The summed E-state index contributed by atoms with van der Waals surface area (Å²) in [5.41, 5.74) is 3.76. The molecule has 2 aliphatic heterocycles. The molecule has 3 N–H and O–H groups in total. The number of amides is 2. The zero-order valence-corrected chi connectivity index (χ0v) is 21.4. The van der Waals surface area contributed by atoms with E-state index in [1.54, 1.807) is 0 Å². The number of β-lactam (4-membered cyclic amide) rings is 1. The van der Waals surface area contributed by atoms with E-state index >= 15 is 0 Å². The Morgan fingerprint density at radius 2 is 2.21 bits per heavy atom. The van der Waals surface area contributed by atoms with Crippen LogP contribution in [0, 0.1) is 5.41 Å². The van der Waals surface area contributed by atoms with Gasteiger partial charge >= 0.3 is 35.5 Å². The van der Waals surface area contributed by atoms with E-state index in [1.807, 2.05) is 0 Å². The molecular weight excluding hydrogens is 487 g/mol. The minimum atomic E-state index is -1.54. The largest absolute Gasteiger partial charge is 1.00 e. The normalized spacial score (nSPS) is 24.0. The predicted octanol–water partition coefficient (Wildman–Crippen LogP) is -5.27. The number of oxime groups is 1. The number of aliphatic carboxylic acids is 1. The van der Waals surface area contributed by atoms with Crippen LogP contribution >= 0.6 is 23.3 Å². The summed E-state index contributed by atoms with van der Waals surface area (Å²) in [4.78, 5) is 58.4. The number of rotatable bonds is 9. The fourth-order valence-electron chi connectivity index (χ4n) is 3.02. The number of esters is 1. The van der Waals surface area contributed by atoms with Crippen molar-refractivity contribution in [2.75, 3.05) is 31.2 Å². The molecule has 16 heteroatoms. The number of carbonyl (C=O) groups is 4. The Balaban J connectivity index is 0.00000385. The van der Waals surface area contributed by atoms with E-state index in [9.17, 15) is 24.3 Å². The minimum absolute atomic E-state index is 0. The Labute approximate surface area is 218 Å². The topological polar surface area (TPSA) is 189 Å². The number of carboxylic acid groups (broad SMARTS) is 1. The van der Waals surface area contributed by atoms with Crippen molar-refractivity contribution in [3.05, 3.63) is 18.5 Å². The third-order valence-corrected chi connectivity index (χ3v) is 6.76. The summed E-state index contributed by atoms with van der Waals surface area (Å²) in [6.45, 7) is 4.04. The second kappa shape index (κ2) is 11.3. The fourth-order valence-corrected chi connectivity index (χ4v) is 4.97. The van der Waals surface area contributed by atoms with E-state index in [-0.39, 0.29) is 65.1 Å². The molecule has 0 saturated carbocycles. The maximum absolute atomic E-state index is 12.8. The van der Waals surface area contributed by atoms with E-state index in [2.05, 4.69) is 26.4 Å². The number of fused-ring (bicyclic) bond motifs is 1. The number of carbonyl (C=O) groups excluding carboxylic acids is 4. The first kappa shape index (κ1) is 27.0. The summed E-state index contributed by atoms with van der Waals surface area (Å²) in [5.74, 6) is -3.36. The molecule has 1 aromatic rings. The summed E-state index contributed by atoms with van der Waals surface area (Å²) < 4.78 is 8.80. The van der Waals surface area contributed by atoms with Crippen LogP contribution in [0.1, 0.15) is 12.7 Å². The van der Waals surface area contributed by atoms with Crippen LogP contribution in [-0.4, -0.2) is 80.6 Å².